The zero-order valence-corrected chi connectivity index (χ0v) is 15.0. The number of carbonyl (C=O) groups is 1. The number of rotatable bonds is 8. The summed E-state index contributed by atoms with van der Waals surface area (Å²) in [5.74, 6) is 0.0561. The second-order valence-corrected chi connectivity index (χ2v) is 6.39. The van der Waals surface area contributed by atoms with Crippen LogP contribution in [-0.2, 0) is 4.79 Å². The molecule has 1 fully saturated rings. The number of nitrogens with one attached hydrogen (secondary N) is 1. The van der Waals surface area contributed by atoms with Crippen molar-refractivity contribution in [3.63, 3.8) is 0 Å². The Morgan fingerprint density at radius 2 is 2.00 bits per heavy atom. The molecule has 0 aromatic rings. The molecule has 4 heteroatoms. The predicted molar refractivity (Wildman–Crippen MR) is 94.7 cm³/mol. The summed E-state index contributed by atoms with van der Waals surface area (Å²) >= 11 is 0. The van der Waals surface area contributed by atoms with Crippen molar-refractivity contribution in [2.75, 3.05) is 13.1 Å². The number of amides is 1. The molecule has 0 spiro atoms. The summed E-state index contributed by atoms with van der Waals surface area (Å²) < 4.78 is 13.2. The van der Waals surface area contributed by atoms with E-state index >= 15 is 0 Å². The van der Waals surface area contributed by atoms with E-state index in [1.54, 1.807) is 11.8 Å². The van der Waals surface area contributed by atoms with E-state index in [1.165, 1.54) is 5.57 Å². The summed E-state index contributed by atoms with van der Waals surface area (Å²) in [5, 5.41) is 7.91. The van der Waals surface area contributed by atoms with Crippen molar-refractivity contribution in [3.8, 4) is 0 Å². The molecule has 0 aromatic heterocycles. The van der Waals surface area contributed by atoms with Gasteiger partial charge in [-0.2, -0.15) is 0 Å². The van der Waals surface area contributed by atoms with Crippen LogP contribution in [0.25, 0.3) is 0 Å². The van der Waals surface area contributed by atoms with Gasteiger partial charge in [-0.3, -0.25) is 4.79 Å². The predicted octanol–water partition coefficient (Wildman–Crippen LogP) is 4.83. The molecular formula is C19H31FN2O. The zero-order valence-electron chi connectivity index (χ0n) is 15.0. The summed E-state index contributed by atoms with van der Waals surface area (Å²) in [5.41, 5.74) is 3.92. The maximum absolute atomic E-state index is 13.2. The van der Waals surface area contributed by atoms with E-state index in [-0.39, 0.29) is 12.5 Å². The normalized spacial score (nSPS) is 19.8. The Morgan fingerprint density at radius 1 is 1.30 bits per heavy atom. The molecular weight excluding hydrogens is 291 g/mol. The fourth-order valence-corrected chi connectivity index (χ4v) is 3.15. The van der Waals surface area contributed by atoms with Crippen LogP contribution >= 0.6 is 0 Å². The zero-order chi connectivity index (χ0) is 17.4. The van der Waals surface area contributed by atoms with Crippen LogP contribution in [0.15, 0.2) is 22.8 Å². The largest absolute Gasteiger partial charge is 0.340 e. The summed E-state index contributed by atoms with van der Waals surface area (Å²) in [7, 11) is 0. The smallest absolute Gasteiger partial charge is 0.222 e. The maximum Gasteiger partial charge on any atom is 0.222 e. The van der Waals surface area contributed by atoms with Gasteiger partial charge in [0.1, 0.15) is 6.17 Å². The summed E-state index contributed by atoms with van der Waals surface area (Å²) in [6.07, 6.45) is 5.90. The highest BCUT2D eigenvalue weighted by atomic mass is 19.1. The second kappa shape index (κ2) is 9.64. The molecule has 23 heavy (non-hydrogen) atoms. The number of hydrogen-bond acceptors (Lipinski definition) is 2. The molecule has 1 N–H and O–H groups in total. The highest BCUT2D eigenvalue weighted by Crippen LogP contribution is 2.25. The first-order valence-corrected chi connectivity index (χ1v) is 8.73. The van der Waals surface area contributed by atoms with Crippen LogP contribution in [0.5, 0.6) is 0 Å². The molecule has 1 aliphatic rings. The van der Waals surface area contributed by atoms with E-state index in [1.807, 2.05) is 13.0 Å². The van der Waals surface area contributed by atoms with Gasteiger partial charge in [-0.1, -0.05) is 25.0 Å². The van der Waals surface area contributed by atoms with E-state index in [4.69, 9.17) is 5.41 Å². The molecule has 1 saturated heterocycles. The van der Waals surface area contributed by atoms with Gasteiger partial charge in [0, 0.05) is 18.7 Å². The van der Waals surface area contributed by atoms with Gasteiger partial charge in [0.25, 0.3) is 0 Å². The van der Waals surface area contributed by atoms with Gasteiger partial charge < -0.3 is 10.3 Å². The van der Waals surface area contributed by atoms with Gasteiger partial charge in [-0.25, -0.2) is 4.39 Å². The Labute approximate surface area is 140 Å². The number of likely N-dealkylation sites (tertiary alicyclic amines) is 1. The van der Waals surface area contributed by atoms with Gasteiger partial charge in [-0.05, 0) is 57.6 Å². The molecule has 1 aliphatic heterocycles. The highest BCUT2D eigenvalue weighted by molar-refractivity contribution is 5.99. The lowest BCUT2D eigenvalue weighted by molar-refractivity contribution is -0.130. The molecule has 0 aromatic carbocycles. The van der Waals surface area contributed by atoms with E-state index in [0.29, 0.717) is 31.5 Å². The van der Waals surface area contributed by atoms with Crippen molar-refractivity contribution in [1.29, 1.82) is 5.41 Å². The van der Waals surface area contributed by atoms with E-state index < -0.39 is 6.17 Å². The molecule has 0 saturated carbocycles. The fourth-order valence-electron chi connectivity index (χ4n) is 3.15. The molecule has 130 valence electrons. The first kappa shape index (κ1) is 19.6. The minimum atomic E-state index is -0.856. The van der Waals surface area contributed by atoms with Gasteiger partial charge >= 0.3 is 0 Å². The standard InChI is InChI=1S/C19H31FN2O/c1-5-7-8-16(14(3)18(6-2)15(4)21)9-10-19(23)22-12-11-17(20)13-22/h6,17,21H,5,7-13H2,1-4H3/b16-14-,18-6+,21-15?. The van der Waals surface area contributed by atoms with Gasteiger partial charge in [0.15, 0.2) is 0 Å². The lowest BCUT2D eigenvalue weighted by atomic mass is 9.92. The lowest BCUT2D eigenvalue weighted by Crippen LogP contribution is -2.28. The summed E-state index contributed by atoms with van der Waals surface area (Å²) in [4.78, 5) is 13.9. The van der Waals surface area contributed by atoms with E-state index in [0.717, 1.165) is 30.4 Å². The van der Waals surface area contributed by atoms with Crippen LogP contribution in [0.2, 0.25) is 0 Å². The van der Waals surface area contributed by atoms with Crippen LogP contribution in [0.3, 0.4) is 0 Å². The average Bonchev–Trinajstić information content (AvgIpc) is 2.94. The molecule has 3 nitrogen and oxygen atoms in total. The fraction of sp³-hybridized carbons (Fsp3) is 0.684. The first-order chi connectivity index (χ1) is 10.9. The first-order valence-electron chi connectivity index (χ1n) is 8.73. The Bertz CT molecular complexity index is 494. The SMILES string of the molecule is C/C=C(C(C)=N)\C(C)=C(\CCCC)CCC(=O)N1CCC(F)C1. The minimum Gasteiger partial charge on any atom is -0.340 e. The number of halogens is 1. The summed E-state index contributed by atoms with van der Waals surface area (Å²) in [6, 6.07) is 0. The number of hydrogen-bond donors (Lipinski definition) is 1. The van der Waals surface area contributed by atoms with Crippen molar-refractivity contribution in [1.82, 2.24) is 4.90 Å². The van der Waals surface area contributed by atoms with Crippen molar-refractivity contribution in [2.24, 2.45) is 0 Å². The molecule has 1 unspecified atom stereocenters. The Hall–Kier alpha value is -1.45. The average molecular weight is 322 g/mol. The third kappa shape index (κ3) is 5.92. The number of nitrogens with zero attached hydrogens (tertiary/aromatic N) is 1. The topological polar surface area (TPSA) is 44.2 Å². The molecule has 1 rings (SSSR count). The quantitative estimate of drug-likeness (QED) is 0.505. The van der Waals surface area contributed by atoms with Crippen LogP contribution in [-0.4, -0.2) is 35.8 Å². The van der Waals surface area contributed by atoms with Crippen molar-refractivity contribution in [2.45, 2.75) is 72.4 Å². The number of allylic oxidation sites excluding steroid dienone is 4. The Balaban J connectivity index is 2.78. The van der Waals surface area contributed by atoms with Crippen LogP contribution < -0.4 is 0 Å². The van der Waals surface area contributed by atoms with Crippen molar-refractivity contribution < 1.29 is 9.18 Å². The number of carbonyl (C=O) groups excluding carboxylic acids is 1. The van der Waals surface area contributed by atoms with E-state index in [9.17, 15) is 9.18 Å². The van der Waals surface area contributed by atoms with Crippen LogP contribution in [0.4, 0.5) is 4.39 Å². The van der Waals surface area contributed by atoms with Gasteiger partial charge in [0.2, 0.25) is 5.91 Å². The van der Waals surface area contributed by atoms with Gasteiger partial charge in [0.05, 0.1) is 6.54 Å². The van der Waals surface area contributed by atoms with Crippen LogP contribution in [0, 0.1) is 5.41 Å². The number of alkyl halides is 1. The monoisotopic (exact) mass is 322 g/mol. The second-order valence-electron chi connectivity index (χ2n) is 6.39. The molecule has 1 amide bonds. The Morgan fingerprint density at radius 3 is 2.48 bits per heavy atom. The van der Waals surface area contributed by atoms with Gasteiger partial charge in [-0.15, -0.1) is 0 Å². The summed E-state index contributed by atoms with van der Waals surface area (Å²) in [6.45, 7) is 8.76. The number of unbranched alkanes of at least 4 members (excludes halogenated alkanes) is 1. The van der Waals surface area contributed by atoms with Crippen LogP contribution in [0.1, 0.15) is 66.2 Å². The third-order valence-electron chi connectivity index (χ3n) is 4.58. The minimum absolute atomic E-state index is 0.0561. The highest BCUT2D eigenvalue weighted by Gasteiger charge is 2.25. The molecule has 1 atom stereocenters. The lowest BCUT2D eigenvalue weighted by Gasteiger charge is -2.18. The maximum atomic E-state index is 13.2. The molecule has 0 radical (unpaired) electrons. The third-order valence-corrected chi connectivity index (χ3v) is 4.58. The molecule has 0 bridgehead atoms. The Kier molecular flexibility index (Phi) is 8.21. The molecule has 1 heterocycles. The van der Waals surface area contributed by atoms with Crippen molar-refractivity contribution >= 4 is 11.6 Å². The van der Waals surface area contributed by atoms with E-state index in [2.05, 4.69) is 13.8 Å². The van der Waals surface area contributed by atoms with Crippen molar-refractivity contribution in [3.05, 3.63) is 22.8 Å². The molecule has 0 aliphatic carbocycles.